The monoisotopic (exact) mass is 214 g/mol. The van der Waals surface area contributed by atoms with Gasteiger partial charge in [-0.3, -0.25) is 4.79 Å². The molecular weight excluding hydrogens is 204 g/mol. The molecule has 0 fully saturated rings. The van der Waals surface area contributed by atoms with Gasteiger partial charge in [0.1, 0.15) is 5.75 Å². The van der Waals surface area contributed by atoms with Crippen LogP contribution in [0.3, 0.4) is 0 Å². The predicted octanol–water partition coefficient (Wildman–Crippen LogP) is 2.31. The lowest BCUT2D eigenvalue weighted by Gasteiger charge is -2.10. The molecule has 1 aromatic rings. The predicted molar refractivity (Wildman–Crippen MR) is 54.1 cm³/mol. The van der Waals surface area contributed by atoms with E-state index in [4.69, 9.17) is 21.1 Å². The second-order valence-electron chi connectivity index (χ2n) is 2.74. The minimum absolute atomic E-state index is 0.366. The first-order valence-electron chi connectivity index (χ1n) is 4.03. The Hall–Kier alpha value is -1.06. The van der Waals surface area contributed by atoms with Crippen molar-refractivity contribution in [3.8, 4) is 5.75 Å². The van der Waals surface area contributed by atoms with Crippen LogP contribution in [0, 0.1) is 0 Å². The summed E-state index contributed by atoms with van der Waals surface area (Å²) in [5.74, 6) is 0.520. The third-order valence-corrected chi connectivity index (χ3v) is 2.01. The third kappa shape index (κ3) is 2.25. The Labute approximate surface area is 87.6 Å². The fourth-order valence-electron chi connectivity index (χ4n) is 1.27. The van der Waals surface area contributed by atoms with E-state index in [-0.39, 0.29) is 0 Å². The molecule has 0 saturated heterocycles. The molecule has 1 aromatic carbocycles. The number of carbonyl (C=O) groups excluding carboxylic acids is 1. The minimum Gasteiger partial charge on any atom is -0.496 e. The lowest BCUT2D eigenvalue weighted by atomic mass is 10.1. The molecule has 0 heterocycles. The molecule has 0 aliphatic carbocycles. The number of methoxy groups -OCH3 is 2. The highest BCUT2D eigenvalue weighted by Crippen LogP contribution is 2.27. The average molecular weight is 215 g/mol. The lowest BCUT2D eigenvalue weighted by molar-refractivity contribution is 0.112. The third-order valence-electron chi connectivity index (χ3n) is 1.79. The van der Waals surface area contributed by atoms with Crippen LogP contribution in [0.2, 0.25) is 5.02 Å². The second-order valence-corrected chi connectivity index (χ2v) is 3.17. The minimum atomic E-state index is 0.366. The first-order chi connectivity index (χ1) is 6.72. The molecule has 4 heteroatoms. The maximum Gasteiger partial charge on any atom is 0.153 e. The average Bonchev–Trinajstić information content (AvgIpc) is 2.17. The molecule has 0 aliphatic rings. The summed E-state index contributed by atoms with van der Waals surface area (Å²) in [7, 11) is 3.08. The Morgan fingerprint density at radius 1 is 1.43 bits per heavy atom. The van der Waals surface area contributed by atoms with Crippen LogP contribution in [0.5, 0.6) is 5.75 Å². The molecule has 1 rings (SSSR count). The largest absolute Gasteiger partial charge is 0.496 e. The van der Waals surface area contributed by atoms with Gasteiger partial charge in [-0.05, 0) is 12.1 Å². The van der Waals surface area contributed by atoms with Crippen molar-refractivity contribution in [1.82, 2.24) is 0 Å². The van der Waals surface area contributed by atoms with Crippen LogP contribution >= 0.6 is 11.6 Å². The molecule has 0 radical (unpaired) electrons. The van der Waals surface area contributed by atoms with E-state index in [2.05, 4.69) is 0 Å². The Balaban J connectivity index is 3.23. The van der Waals surface area contributed by atoms with Crippen LogP contribution in [0.1, 0.15) is 15.9 Å². The summed E-state index contributed by atoms with van der Waals surface area (Å²) in [4.78, 5) is 10.7. The fourth-order valence-corrected chi connectivity index (χ4v) is 1.52. The van der Waals surface area contributed by atoms with E-state index in [0.717, 1.165) is 5.56 Å². The Morgan fingerprint density at radius 2 is 2.14 bits per heavy atom. The summed E-state index contributed by atoms with van der Waals surface area (Å²) >= 11 is 5.82. The molecule has 0 amide bonds. The summed E-state index contributed by atoms with van der Waals surface area (Å²) < 4.78 is 10.1. The zero-order valence-electron chi connectivity index (χ0n) is 8.04. The molecule has 3 nitrogen and oxygen atoms in total. The summed E-state index contributed by atoms with van der Waals surface area (Å²) in [5, 5.41) is 0.500. The van der Waals surface area contributed by atoms with Crippen molar-refractivity contribution < 1.29 is 14.3 Å². The molecular formula is C10H11ClO3. The summed E-state index contributed by atoms with van der Waals surface area (Å²) in [6.07, 6.45) is 0.712. The van der Waals surface area contributed by atoms with Gasteiger partial charge in [-0.25, -0.2) is 0 Å². The number of rotatable bonds is 4. The van der Waals surface area contributed by atoms with Crippen LogP contribution in [-0.2, 0) is 11.3 Å². The first kappa shape index (κ1) is 11.0. The number of ether oxygens (including phenoxy) is 2. The highest BCUT2D eigenvalue weighted by Gasteiger charge is 2.10. The van der Waals surface area contributed by atoms with Crippen molar-refractivity contribution in [2.45, 2.75) is 6.61 Å². The number of hydrogen-bond acceptors (Lipinski definition) is 3. The van der Waals surface area contributed by atoms with E-state index >= 15 is 0 Å². The van der Waals surface area contributed by atoms with Crippen molar-refractivity contribution in [3.63, 3.8) is 0 Å². The molecule has 0 aromatic heterocycles. The topological polar surface area (TPSA) is 35.5 Å². The second kappa shape index (κ2) is 4.98. The summed E-state index contributed by atoms with van der Waals surface area (Å²) in [6.45, 7) is 0.366. The van der Waals surface area contributed by atoms with Crippen molar-refractivity contribution >= 4 is 17.9 Å². The van der Waals surface area contributed by atoms with Crippen LogP contribution in [-0.4, -0.2) is 20.5 Å². The number of aldehydes is 1. The van der Waals surface area contributed by atoms with Gasteiger partial charge in [0.2, 0.25) is 0 Å². The van der Waals surface area contributed by atoms with E-state index < -0.39 is 0 Å². The van der Waals surface area contributed by atoms with Gasteiger partial charge in [-0.15, -0.1) is 0 Å². The van der Waals surface area contributed by atoms with Crippen LogP contribution in [0.15, 0.2) is 12.1 Å². The van der Waals surface area contributed by atoms with Gasteiger partial charge in [-0.2, -0.15) is 0 Å². The molecule has 14 heavy (non-hydrogen) atoms. The number of hydrogen-bond donors (Lipinski definition) is 0. The van der Waals surface area contributed by atoms with Gasteiger partial charge in [0.05, 0.1) is 19.3 Å². The molecule has 76 valence electrons. The van der Waals surface area contributed by atoms with E-state index in [1.165, 1.54) is 7.11 Å². The number of halogens is 1. The van der Waals surface area contributed by atoms with Crippen LogP contribution in [0.25, 0.3) is 0 Å². The quantitative estimate of drug-likeness (QED) is 0.722. The van der Waals surface area contributed by atoms with Gasteiger partial charge in [-0.1, -0.05) is 11.6 Å². The molecule has 0 saturated carbocycles. The Morgan fingerprint density at radius 3 is 2.64 bits per heavy atom. The maximum absolute atomic E-state index is 10.7. The Bertz CT molecular complexity index is 336. The van der Waals surface area contributed by atoms with Gasteiger partial charge in [0.25, 0.3) is 0 Å². The normalized spacial score (nSPS) is 9.93. The van der Waals surface area contributed by atoms with Crippen molar-refractivity contribution in [2.75, 3.05) is 14.2 Å². The number of benzene rings is 1. The van der Waals surface area contributed by atoms with E-state index in [0.29, 0.717) is 29.2 Å². The highest BCUT2D eigenvalue weighted by atomic mass is 35.5. The highest BCUT2D eigenvalue weighted by molar-refractivity contribution is 6.31. The van der Waals surface area contributed by atoms with Crippen molar-refractivity contribution in [1.29, 1.82) is 0 Å². The maximum atomic E-state index is 10.7. The molecule has 0 bridgehead atoms. The van der Waals surface area contributed by atoms with Crippen LogP contribution in [0.4, 0.5) is 0 Å². The van der Waals surface area contributed by atoms with Gasteiger partial charge in [0.15, 0.2) is 6.29 Å². The van der Waals surface area contributed by atoms with E-state index in [1.54, 1.807) is 19.2 Å². The van der Waals surface area contributed by atoms with Gasteiger partial charge < -0.3 is 9.47 Å². The van der Waals surface area contributed by atoms with Gasteiger partial charge >= 0.3 is 0 Å². The van der Waals surface area contributed by atoms with E-state index in [1.807, 2.05) is 0 Å². The molecule has 0 N–H and O–H groups in total. The van der Waals surface area contributed by atoms with Crippen molar-refractivity contribution in [3.05, 3.63) is 28.3 Å². The fraction of sp³-hybridized carbons (Fsp3) is 0.300. The zero-order chi connectivity index (χ0) is 10.6. The molecule has 0 aliphatic heterocycles. The first-order valence-corrected chi connectivity index (χ1v) is 4.41. The molecule has 0 unspecified atom stereocenters. The SMILES string of the molecule is COCc1cc(Cl)cc(C=O)c1OC. The Kier molecular flexibility index (Phi) is 3.92. The standard InChI is InChI=1S/C10H11ClO3/c1-13-6-8-4-9(11)3-7(5-12)10(8)14-2/h3-5H,6H2,1-2H3. The van der Waals surface area contributed by atoms with Gasteiger partial charge in [0, 0.05) is 17.7 Å². The lowest BCUT2D eigenvalue weighted by Crippen LogP contribution is -1.98. The van der Waals surface area contributed by atoms with Crippen molar-refractivity contribution in [2.24, 2.45) is 0 Å². The van der Waals surface area contributed by atoms with E-state index in [9.17, 15) is 4.79 Å². The molecule has 0 spiro atoms. The van der Waals surface area contributed by atoms with Crippen LogP contribution < -0.4 is 4.74 Å². The smallest absolute Gasteiger partial charge is 0.153 e. The summed E-state index contributed by atoms with van der Waals surface area (Å²) in [5.41, 5.74) is 1.21. The summed E-state index contributed by atoms with van der Waals surface area (Å²) in [6, 6.07) is 3.28. The number of carbonyl (C=O) groups is 1. The molecule has 0 atom stereocenters. The zero-order valence-corrected chi connectivity index (χ0v) is 8.80.